The van der Waals surface area contributed by atoms with Gasteiger partial charge in [0.05, 0.1) is 9.92 Å². The first-order valence-electron chi connectivity index (χ1n) is 9.06. The van der Waals surface area contributed by atoms with Crippen molar-refractivity contribution in [2.75, 3.05) is 19.8 Å². The zero-order chi connectivity index (χ0) is 22.0. The molecule has 0 bridgehead atoms. The van der Waals surface area contributed by atoms with E-state index in [1.54, 1.807) is 32.4 Å². The summed E-state index contributed by atoms with van der Waals surface area (Å²) >= 11 is 13.8. The van der Waals surface area contributed by atoms with Crippen LogP contribution in [0.1, 0.15) is 28.1 Å². The van der Waals surface area contributed by atoms with Crippen molar-refractivity contribution in [3.05, 3.63) is 75.7 Å². The number of anilines is 1. The monoisotopic (exact) mass is 463 g/mol. The third-order valence-electron chi connectivity index (χ3n) is 4.54. The fourth-order valence-corrected chi connectivity index (χ4v) is 4.88. The fourth-order valence-electron chi connectivity index (χ4n) is 2.94. The number of aromatic nitrogens is 1. The predicted molar refractivity (Wildman–Crippen MR) is 123 cm³/mol. The number of hydrogen-bond acceptors (Lipinski definition) is 4. The van der Waals surface area contributed by atoms with E-state index < -0.39 is 5.82 Å². The van der Waals surface area contributed by atoms with Crippen LogP contribution in [0.5, 0.6) is 0 Å². The molecule has 3 aromatic rings. The number of carbonyl (C=O) groups is 1. The van der Waals surface area contributed by atoms with Gasteiger partial charge in [0, 0.05) is 47.3 Å². The Morgan fingerprint density at radius 2 is 1.80 bits per heavy atom. The first kappa shape index (κ1) is 22.4. The molecule has 156 valence electrons. The number of hydrogen-bond donors (Lipinski definition) is 1. The highest BCUT2D eigenvalue weighted by atomic mass is 35.5. The van der Waals surface area contributed by atoms with E-state index in [9.17, 15) is 9.18 Å². The zero-order valence-electron chi connectivity index (χ0n) is 16.6. The van der Waals surface area contributed by atoms with Crippen LogP contribution < -0.4 is 5.73 Å². The summed E-state index contributed by atoms with van der Waals surface area (Å²) in [5.41, 5.74) is 8.93. The first-order valence-corrected chi connectivity index (χ1v) is 10.7. The van der Waals surface area contributed by atoms with Gasteiger partial charge in [-0.15, -0.1) is 11.8 Å². The van der Waals surface area contributed by atoms with Crippen molar-refractivity contribution in [2.45, 2.75) is 17.1 Å². The number of nitrogen functional groups attached to an aromatic ring is 1. The third kappa shape index (κ3) is 4.72. The summed E-state index contributed by atoms with van der Waals surface area (Å²) in [6.07, 6.45) is 1.68. The van der Waals surface area contributed by atoms with Crippen molar-refractivity contribution < 1.29 is 9.18 Å². The number of rotatable bonds is 5. The molecule has 0 aliphatic carbocycles. The number of nitrogens with zero attached hydrogens (tertiary/aromatic N) is 2. The van der Waals surface area contributed by atoms with Crippen molar-refractivity contribution in [2.24, 2.45) is 0 Å². The van der Waals surface area contributed by atoms with Crippen molar-refractivity contribution >= 4 is 46.7 Å². The van der Waals surface area contributed by atoms with Gasteiger partial charge >= 0.3 is 0 Å². The lowest BCUT2D eigenvalue weighted by molar-refractivity contribution is 0.0827. The molecule has 0 spiro atoms. The third-order valence-corrected chi connectivity index (χ3v) is 6.43. The summed E-state index contributed by atoms with van der Waals surface area (Å²) in [6.45, 7) is 1.88. The van der Waals surface area contributed by atoms with E-state index in [2.05, 4.69) is 4.98 Å². The largest absolute Gasteiger partial charge is 0.383 e. The highest BCUT2D eigenvalue weighted by Crippen LogP contribution is 2.44. The summed E-state index contributed by atoms with van der Waals surface area (Å²) in [5.74, 6) is -0.222. The minimum atomic E-state index is -0.518. The van der Waals surface area contributed by atoms with Gasteiger partial charge < -0.3 is 10.6 Å². The van der Waals surface area contributed by atoms with E-state index in [4.69, 9.17) is 28.9 Å². The summed E-state index contributed by atoms with van der Waals surface area (Å²) in [6, 6.07) is 11.9. The Balaban J connectivity index is 1.89. The molecule has 2 aromatic carbocycles. The number of carbonyl (C=O) groups excluding carboxylic acids is 1. The molecule has 1 amide bonds. The first-order chi connectivity index (χ1) is 14.2. The number of benzene rings is 2. The van der Waals surface area contributed by atoms with E-state index >= 15 is 0 Å². The van der Waals surface area contributed by atoms with Gasteiger partial charge in [-0.1, -0.05) is 35.3 Å². The Hall–Kier alpha value is -2.28. The van der Waals surface area contributed by atoms with Gasteiger partial charge in [0.1, 0.15) is 11.6 Å². The Bertz CT molecular complexity index is 1090. The lowest BCUT2D eigenvalue weighted by atomic mass is 10.1. The maximum Gasteiger partial charge on any atom is 0.253 e. The maximum atomic E-state index is 13.9. The minimum absolute atomic E-state index is 0.00586. The molecular formula is C22H20Cl2FN3OS. The molecule has 2 N–H and O–H groups in total. The molecule has 1 atom stereocenters. The molecular weight excluding hydrogens is 444 g/mol. The highest BCUT2D eigenvalue weighted by Gasteiger charge is 2.20. The summed E-state index contributed by atoms with van der Waals surface area (Å²) in [5, 5.41) is 0.150. The van der Waals surface area contributed by atoms with Gasteiger partial charge in [-0.3, -0.25) is 4.79 Å². The van der Waals surface area contributed by atoms with E-state index in [0.29, 0.717) is 22.0 Å². The summed E-state index contributed by atoms with van der Waals surface area (Å²) in [7, 11) is 3.42. The Morgan fingerprint density at radius 3 is 2.43 bits per heavy atom. The van der Waals surface area contributed by atoms with Crippen LogP contribution in [-0.4, -0.2) is 29.9 Å². The van der Waals surface area contributed by atoms with E-state index in [0.717, 1.165) is 16.0 Å². The van der Waals surface area contributed by atoms with Gasteiger partial charge in [0.2, 0.25) is 0 Å². The standard InChI is InChI=1S/C22H20Cl2FN3OS/c1-12(19-16(23)8-9-17(25)20(19)24)30-18-10-15(11-27-21(18)26)13-4-6-14(7-5-13)22(29)28(2)3/h4-12H,1-3H3,(H2,26,27). The molecule has 0 aliphatic rings. The molecule has 1 unspecified atom stereocenters. The highest BCUT2D eigenvalue weighted by molar-refractivity contribution is 7.99. The molecule has 3 rings (SSSR count). The van der Waals surface area contributed by atoms with Crippen LogP contribution in [0.15, 0.2) is 53.6 Å². The summed E-state index contributed by atoms with van der Waals surface area (Å²) in [4.78, 5) is 18.6. The second-order valence-corrected chi connectivity index (χ2v) is 9.07. The van der Waals surface area contributed by atoms with Crippen molar-refractivity contribution in [3.8, 4) is 11.1 Å². The van der Waals surface area contributed by atoms with Crippen LogP contribution in [0.3, 0.4) is 0 Å². The van der Waals surface area contributed by atoms with Crippen molar-refractivity contribution in [1.82, 2.24) is 9.88 Å². The van der Waals surface area contributed by atoms with Crippen LogP contribution in [0, 0.1) is 5.82 Å². The van der Waals surface area contributed by atoms with Gasteiger partial charge in [0.15, 0.2) is 0 Å². The SMILES string of the molecule is CC(Sc1cc(-c2ccc(C(=O)N(C)C)cc2)cnc1N)c1c(Cl)ccc(F)c1Cl. The second kappa shape index (κ2) is 9.25. The zero-order valence-corrected chi connectivity index (χ0v) is 18.9. The molecule has 1 aromatic heterocycles. The second-order valence-electron chi connectivity index (χ2n) is 6.90. The van der Waals surface area contributed by atoms with E-state index in [-0.39, 0.29) is 16.2 Å². The van der Waals surface area contributed by atoms with Gasteiger partial charge in [-0.05, 0) is 42.8 Å². The van der Waals surface area contributed by atoms with Crippen molar-refractivity contribution in [3.63, 3.8) is 0 Å². The number of nitrogens with two attached hydrogens (primary N) is 1. The summed E-state index contributed by atoms with van der Waals surface area (Å²) < 4.78 is 13.9. The molecule has 0 radical (unpaired) electrons. The fraction of sp³-hybridized carbons (Fsp3) is 0.182. The average molecular weight is 464 g/mol. The maximum absolute atomic E-state index is 13.9. The van der Waals surface area contributed by atoms with Gasteiger partial charge in [-0.2, -0.15) is 0 Å². The number of pyridine rings is 1. The van der Waals surface area contributed by atoms with E-state index in [1.807, 2.05) is 25.1 Å². The molecule has 30 heavy (non-hydrogen) atoms. The molecule has 4 nitrogen and oxygen atoms in total. The molecule has 0 aliphatic heterocycles. The lowest BCUT2D eigenvalue weighted by Gasteiger charge is -2.17. The average Bonchev–Trinajstić information content (AvgIpc) is 2.72. The van der Waals surface area contributed by atoms with Gasteiger partial charge in [-0.25, -0.2) is 9.37 Å². The lowest BCUT2D eigenvalue weighted by Crippen LogP contribution is -2.21. The minimum Gasteiger partial charge on any atom is -0.383 e. The van der Waals surface area contributed by atoms with Crippen LogP contribution in [0.25, 0.3) is 11.1 Å². The molecule has 1 heterocycles. The predicted octanol–water partition coefficient (Wildman–Crippen LogP) is 6.33. The van der Waals surface area contributed by atoms with Crippen LogP contribution in [-0.2, 0) is 0 Å². The Kier molecular flexibility index (Phi) is 6.91. The van der Waals surface area contributed by atoms with Crippen LogP contribution in [0.4, 0.5) is 10.2 Å². The number of halogens is 3. The molecule has 0 saturated carbocycles. The number of amides is 1. The Morgan fingerprint density at radius 1 is 1.13 bits per heavy atom. The van der Waals surface area contributed by atoms with Crippen LogP contribution in [0.2, 0.25) is 10.0 Å². The van der Waals surface area contributed by atoms with Crippen molar-refractivity contribution in [1.29, 1.82) is 0 Å². The topological polar surface area (TPSA) is 59.2 Å². The normalized spacial score (nSPS) is 11.9. The van der Waals surface area contributed by atoms with Gasteiger partial charge in [0.25, 0.3) is 5.91 Å². The molecule has 0 fully saturated rings. The molecule has 8 heteroatoms. The molecule has 0 saturated heterocycles. The Labute approximate surface area is 189 Å². The van der Waals surface area contributed by atoms with Crippen LogP contribution >= 0.6 is 35.0 Å². The number of thioether (sulfide) groups is 1. The van der Waals surface area contributed by atoms with E-state index in [1.165, 1.54) is 28.8 Å². The quantitative estimate of drug-likeness (QED) is 0.354. The smallest absolute Gasteiger partial charge is 0.253 e.